The highest BCUT2D eigenvalue weighted by atomic mass is 16.5. The Hall–Kier alpha value is -0.160. The van der Waals surface area contributed by atoms with Gasteiger partial charge in [-0.1, -0.05) is 13.3 Å². The lowest BCUT2D eigenvalue weighted by Gasteiger charge is -2.03. The number of unbranched alkanes of at least 4 members (excludes halogenated alkanes) is 1. The van der Waals surface area contributed by atoms with Crippen LogP contribution in [0.3, 0.4) is 0 Å². The lowest BCUT2D eigenvalue weighted by molar-refractivity contribution is 0.0450. The second-order valence-corrected chi connectivity index (χ2v) is 3.58. The molecule has 4 nitrogen and oxygen atoms in total. The molecule has 0 saturated heterocycles. The van der Waals surface area contributed by atoms with E-state index >= 15 is 0 Å². The monoisotopic (exact) mass is 222 g/mol. The molecular weight excluding hydrogens is 196 g/mol. The average molecular weight is 222 g/mol. The Morgan fingerprint density at radius 2 is 1.60 bits per heavy atom. The summed E-state index contributed by atoms with van der Waals surface area (Å²) in [6, 6.07) is 0. The third-order valence-corrected chi connectivity index (χ3v) is 1.41. The van der Waals surface area contributed by atoms with Crippen LogP contribution in [-0.2, 0) is 9.47 Å². The Kier molecular flexibility index (Phi) is 15.9. The van der Waals surface area contributed by atoms with Crippen molar-refractivity contribution in [2.45, 2.75) is 45.8 Å². The van der Waals surface area contributed by atoms with Crippen LogP contribution in [0.1, 0.15) is 33.6 Å². The van der Waals surface area contributed by atoms with Crippen molar-refractivity contribution in [3.05, 3.63) is 0 Å². The van der Waals surface area contributed by atoms with Gasteiger partial charge in [-0.15, -0.1) is 0 Å². The van der Waals surface area contributed by atoms with Crippen molar-refractivity contribution in [2.24, 2.45) is 0 Å². The van der Waals surface area contributed by atoms with Gasteiger partial charge in [0.05, 0.1) is 25.4 Å². The summed E-state index contributed by atoms with van der Waals surface area (Å²) in [6.07, 6.45) is 1.60. The average Bonchev–Trinajstić information content (AvgIpc) is 2.13. The molecule has 0 rings (SSSR count). The summed E-state index contributed by atoms with van der Waals surface area (Å²) in [7, 11) is 1.56. The van der Waals surface area contributed by atoms with E-state index in [0.29, 0.717) is 13.2 Å². The molecule has 0 bridgehead atoms. The van der Waals surface area contributed by atoms with Crippen LogP contribution in [0.5, 0.6) is 0 Å². The lowest BCUT2D eigenvalue weighted by atomic mass is 10.4. The number of ether oxygens (including phenoxy) is 2. The van der Waals surface area contributed by atoms with Gasteiger partial charge in [0, 0.05) is 13.7 Å². The van der Waals surface area contributed by atoms with E-state index in [1.54, 1.807) is 21.0 Å². The Labute approximate surface area is 93.2 Å². The van der Waals surface area contributed by atoms with Gasteiger partial charge in [0.25, 0.3) is 0 Å². The number of aliphatic hydroxyl groups excluding tert-OH is 2. The summed E-state index contributed by atoms with van der Waals surface area (Å²) >= 11 is 0. The van der Waals surface area contributed by atoms with Gasteiger partial charge in [-0.2, -0.15) is 0 Å². The van der Waals surface area contributed by atoms with Crippen molar-refractivity contribution in [3.63, 3.8) is 0 Å². The SMILES string of the molecule is CCCCOCC(C)O.COCC(C)O. The molecular formula is C11H26O4. The number of aliphatic hydroxyl groups is 2. The van der Waals surface area contributed by atoms with Gasteiger partial charge in [0.15, 0.2) is 0 Å². The van der Waals surface area contributed by atoms with Crippen molar-refractivity contribution < 1.29 is 19.7 Å². The van der Waals surface area contributed by atoms with E-state index < -0.39 is 0 Å². The molecule has 4 heteroatoms. The van der Waals surface area contributed by atoms with Gasteiger partial charge in [0.2, 0.25) is 0 Å². The van der Waals surface area contributed by atoms with Crippen LogP contribution >= 0.6 is 0 Å². The van der Waals surface area contributed by atoms with Gasteiger partial charge in [-0.05, 0) is 20.3 Å². The van der Waals surface area contributed by atoms with Crippen LogP contribution in [-0.4, -0.2) is 49.4 Å². The molecule has 94 valence electrons. The molecule has 0 fully saturated rings. The number of hydrogen-bond acceptors (Lipinski definition) is 4. The number of rotatable bonds is 7. The quantitative estimate of drug-likeness (QED) is 0.635. The molecule has 0 saturated carbocycles. The molecule has 0 aromatic rings. The minimum absolute atomic E-state index is 0.318. The first kappa shape index (κ1) is 17.2. The van der Waals surface area contributed by atoms with E-state index in [4.69, 9.17) is 14.9 Å². The summed E-state index contributed by atoms with van der Waals surface area (Å²) < 4.78 is 9.64. The van der Waals surface area contributed by atoms with Crippen molar-refractivity contribution in [2.75, 3.05) is 26.9 Å². The highest BCUT2D eigenvalue weighted by Crippen LogP contribution is 1.89. The molecule has 2 N–H and O–H groups in total. The maximum absolute atomic E-state index is 8.73. The second kappa shape index (κ2) is 13.8. The van der Waals surface area contributed by atoms with E-state index in [2.05, 4.69) is 11.7 Å². The molecule has 0 radical (unpaired) electrons. The van der Waals surface area contributed by atoms with E-state index in [1.807, 2.05) is 0 Å². The fourth-order valence-electron chi connectivity index (χ4n) is 0.741. The van der Waals surface area contributed by atoms with E-state index in [9.17, 15) is 0 Å². The van der Waals surface area contributed by atoms with Crippen molar-refractivity contribution in [1.29, 1.82) is 0 Å². The first-order valence-corrected chi connectivity index (χ1v) is 5.47. The van der Waals surface area contributed by atoms with E-state index in [-0.39, 0.29) is 12.2 Å². The molecule has 0 amide bonds. The minimum atomic E-state index is -0.324. The standard InChI is InChI=1S/C7H16O2.C4H10O2/c1-3-4-5-9-6-7(2)8;1-4(5)3-6-2/h7-8H,3-6H2,1-2H3;4-5H,3H2,1-2H3. The smallest absolute Gasteiger partial charge is 0.0745 e. The van der Waals surface area contributed by atoms with Gasteiger partial charge in [-0.25, -0.2) is 0 Å². The van der Waals surface area contributed by atoms with Crippen LogP contribution in [0, 0.1) is 0 Å². The molecule has 0 aromatic carbocycles. The van der Waals surface area contributed by atoms with Crippen molar-refractivity contribution in [1.82, 2.24) is 0 Å². The van der Waals surface area contributed by atoms with Crippen LogP contribution in [0.4, 0.5) is 0 Å². The molecule has 0 aliphatic rings. The summed E-state index contributed by atoms with van der Waals surface area (Å²) in [5.41, 5.74) is 0. The maximum Gasteiger partial charge on any atom is 0.0745 e. The molecule has 2 atom stereocenters. The Bertz CT molecular complexity index is 105. The highest BCUT2D eigenvalue weighted by Gasteiger charge is 1.92. The van der Waals surface area contributed by atoms with E-state index in [1.165, 1.54) is 0 Å². The van der Waals surface area contributed by atoms with Gasteiger partial charge >= 0.3 is 0 Å². The Morgan fingerprint density at radius 3 is 1.87 bits per heavy atom. The third-order valence-electron chi connectivity index (χ3n) is 1.41. The van der Waals surface area contributed by atoms with Gasteiger partial charge in [0.1, 0.15) is 0 Å². The highest BCUT2D eigenvalue weighted by molar-refractivity contribution is 4.41. The number of methoxy groups -OCH3 is 1. The molecule has 2 unspecified atom stereocenters. The Balaban J connectivity index is 0. The second-order valence-electron chi connectivity index (χ2n) is 3.58. The minimum Gasteiger partial charge on any atom is -0.391 e. The third kappa shape index (κ3) is 24.8. The molecule has 0 spiro atoms. The lowest BCUT2D eigenvalue weighted by Crippen LogP contribution is -2.10. The zero-order valence-electron chi connectivity index (χ0n) is 10.4. The van der Waals surface area contributed by atoms with E-state index in [0.717, 1.165) is 19.4 Å². The fourth-order valence-corrected chi connectivity index (χ4v) is 0.741. The van der Waals surface area contributed by atoms with Gasteiger partial charge < -0.3 is 19.7 Å². The van der Waals surface area contributed by atoms with Gasteiger partial charge in [-0.3, -0.25) is 0 Å². The number of hydrogen-bond donors (Lipinski definition) is 2. The maximum atomic E-state index is 8.73. The van der Waals surface area contributed by atoms with Crippen LogP contribution in [0.25, 0.3) is 0 Å². The molecule has 0 heterocycles. The fraction of sp³-hybridized carbons (Fsp3) is 1.00. The summed E-state index contributed by atoms with van der Waals surface area (Å²) in [5.74, 6) is 0. The first-order valence-electron chi connectivity index (χ1n) is 5.47. The largest absolute Gasteiger partial charge is 0.391 e. The summed E-state index contributed by atoms with van der Waals surface area (Å²) in [6.45, 7) is 7.21. The molecule has 0 aliphatic heterocycles. The molecule has 0 aliphatic carbocycles. The van der Waals surface area contributed by atoms with Crippen molar-refractivity contribution >= 4 is 0 Å². The van der Waals surface area contributed by atoms with Crippen LogP contribution in [0.15, 0.2) is 0 Å². The molecule has 15 heavy (non-hydrogen) atoms. The predicted molar refractivity (Wildman–Crippen MR) is 61.0 cm³/mol. The van der Waals surface area contributed by atoms with Crippen molar-refractivity contribution in [3.8, 4) is 0 Å². The summed E-state index contributed by atoms with van der Waals surface area (Å²) in [5, 5.41) is 17.2. The Morgan fingerprint density at radius 1 is 1.07 bits per heavy atom. The topological polar surface area (TPSA) is 58.9 Å². The molecule has 0 aromatic heterocycles. The predicted octanol–water partition coefficient (Wildman–Crippen LogP) is 1.20. The van der Waals surface area contributed by atoms with Crippen LogP contribution in [0.2, 0.25) is 0 Å². The summed E-state index contributed by atoms with van der Waals surface area (Å²) in [4.78, 5) is 0. The zero-order valence-corrected chi connectivity index (χ0v) is 10.4. The zero-order chi connectivity index (χ0) is 12.1. The first-order chi connectivity index (χ1) is 7.04. The van der Waals surface area contributed by atoms with Crippen LogP contribution < -0.4 is 0 Å². The normalized spacial score (nSPS) is 14.0.